The van der Waals surface area contributed by atoms with E-state index in [2.05, 4.69) is 18.7 Å². The monoisotopic (exact) mass is 344 g/mol. The first kappa shape index (κ1) is 18.6. The molecule has 0 N–H and O–H groups in total. The summed E-state index contributed by atoms with van der Waals surface area (Å²) in [6, 6.07) is 2.02. The van der Waals surface area contributed by atoms with Gasteiger partial charge in [-0.15, -0.1) is 0 Å². The van der Waals surface area contributed by atoms with Gasteiger partial charge in [-0.25, -0.2) is 0 Å². The average Bonchev–Trinajstić information content (AvgIpc) is 2.92. The molecule has 2 saturated heterocycles. The number of ether oxygens (including phenoxy) is 1. The van der Waals surface area contributed by atoms with Gasteiger partial charge in [-0.1, -0.05) is 0 Å². The molecule has 0 aliphatic carbocycles. The zero-order valence-electron chi connectivity index (χ0n) is 14.3. The van der Waals surface area contributed by atoms with Crippen molar-refractivity contribution in [2.75, 3.05) is 39.8 Å². The van der Waals surface area contributed by atoms with E-state index in [9.17, 15) is 8.42 Å². The maximum atomic E-state index is 12.7. The molecule has 0 amide bonds. The van der Waals surface area contributed by atoms with E-state index < -0.39 is 10.2 Å². The van der Waals surface area contributed by atoms with Crippen molar-refractivity contribution < 1.29 is 13.2 Å². The molecule has 2 aliphatic rings. The van der Waals surface area contributed by atoms with Crippen LogP contribution in [0.15, 0.2) is 0 Å². The van der Waals surface area contributed by atoms with Gasteiger partial charge < -0.3 is 4.74 Å². The van der Waals surface area contributed by atoms with E-state index >= 15 is 0 Å². The fourth-order valence-corrected chi connectivity index (χ4v) is 5.12. The van der Waals surface area contributed by atoms with Gasteiger partial charge in [0.05, 0.1) is 18.3 Å². The van der Waals surface area contributed by atoms with Crippen LogP contribution in [-0.4, -0.2) is 79.9 Å². The third kappa shape index (κ3) is 4.64. The van der Waals surface area contributed by atoms with Crippen LogP contribution in [0.25, 0.3) is 0 Å². The summed E-state index contributed by atoms with van der Waals surface area (Å²) in [6.07, 6.45) is 2.37. The minimum Gasteiger partial charge on any atom is -0.373 e. The molecule has 132 valence electrons. The summed E-state index contributed by atoms with van der Waals surface area (Å²) in [4.78, 5) is 2.31. The second-order valence-corrected chi connectivity index (χ2v) is 8.61. The third-order valence-electron chi connectivity index (χ3n) is 4.52. The van der Waals surface area contributed by atoms with Crippen LogP contribution in [0.4, 0.5) is 0 Å². The first-order valence-electron chi connectivity index (χ1n) is 8.32. The molecule has 0 bridgehead atoms. The van der Waals surface area contributed by atoms with Crippen molar-refractivity contribution in [2.45, 2.75) is 51.4 Å². The lowest BCUT2D eigenvalue weighted by atomic mass is 10.1. The lowest BCUT2D eigenvalue weighted by Crippen LogP contribution is -2.52. The Morgan fingerprint density at radius 3 is 2.57 bits per heavy atom. The molecule has 7 nitrogen and oxygen atoms in total. The Morgan fingerprint density at radius 1 is 1.30 bits per heavy atom. The predicted octanol–water partition coefficient (Wildman–Crippen LogP) is 0.650. The van der Waals surface area contributed by atoms with Gasteiger partial charge in [-0.3, -0.25) is 4.90 Å². The molecule has 0 radical (unpaired) electrons. The Labute approximate surface area is 140 Å². The molecule has 0 aromatic rings. The van der Waals surface area contributed by atoms with Crippen molar-refractivity contribution in [1.82, 2.24) is 13.5 Å². The van der Waals surface area contributed by atoms with Gasteiger partial charge in [-0.05, 0) is 26.7 Å². The first-order chi connectivity index (χ1) is 10.8. The Morgan fingerprint density at radius 2 is 1.96 bits per heavy atom. The number of hydrogen-bond acceptors (Lipinski definition) is 5. The Bertz CT molecular complexity index is 523. The number of nitriles is 1. The molecular formula is C15H28N4O3S. The van der Waals surface area contributed by atoms with Crippen LogP contribution in [-0.2, 0) is 14.9 Å². The molecule has 2 aliphatic heterocycles. The Balaban J connectivity index is 2.00. The summed E-state index contributed by atoms with van der Waals surface area (Å²) in [7, 11) is -1.92. The Hall–Kier alpha value is -0.720. The topological polar surface area (TPSA) is 76.9 Å². The predicted molar refractivity (Wildman–Crippen MR) is 88.0 cm³/mol. The van der Waals surface area contributed by atoms with Crippen LogP contribution >= 0.6 is 0 Å². The molecular weight excluding hydrogens is 316 g/mol. The van der Waals surface area contributed by atoms with Crippen molar-refractivity contribution in [3.8, 4) is 6.07 Å². The first-order valence-corrected chi connectivity index (χ1v) is 9.72. The smallest absolute Gasteiger partial charge is 0.282 e. The molecule has 8 heteroatoms. The summed E-state index contributed by atoms with van der Waals surface area (Å²) in [5.41, 5.74) is 0. The van der Waals surface area contributed by atoms with E-state index in [1.165, 1.54) is 4.31 Å². The van der Waals surface area contributed by atoms with E-state index in [1.54, 1.807) is 11.4 Å². The van der Waals surface area contributed by atoms with Crippen LogP contribution in [0.1, 0.15) is 33.1 Å². The molecule has 0 spiro atoms. The van der Waals surface area contributed by atoms with Gasteiger partial charge in [0, 0.05) is 52.2 Å². The summed E-state index contributed by atoms with van der Waals surface area (Å²) in [6.45, 7) is 7.37. The normalized spacial score (nSPS) is 30.7. The minimum atomic E-state index is -3.48. The highest BCUT2D eigenvalue weighted by atomic mass is 32.2. The fourth-order valence-electron chi connectivity index (χ4n) is 3.53. The van der Waals surface area contributed by atoms with Crippen LogP contribution in [0, 0.1) is 11.3 Å². The number of rotatable bonds is 6. The van der Waals surface area contributed by atoms with Crippen molar-refractivity contribution in [2.24, 2.45) is 0 Å². The third-order valence-corrected chi connectivity index (χ3v) is 6.56. The van der Waals surface area contributed by atoms with Gasteiger partial charge in [0.25, 0.3) is 10.2 Å². The second-order valence-electron chi connectivity index (χ2n) is 6.62. The van der Waals surface area contributed by atoms with E-state index in [0.717, 1.165) is 32.5 Å². The van der Waals surface area contributed by atoms with Crippen LogP contribution in [0.2, 0.25) is 0 Å². The van der Waals surface area contributed by atoms with E-state index in [-0.39, 0.29) is 31.2 Å². The van der Waals surface area contributed by atoms with Gasteiger partial charge in [0.15, 0.2) is 0 Å². The largest absolute Gasteiger partial charge is 0.373 e. The zero-order chi connectivity index (χ0) is 17.0. The quantitative estimate of drug-likeness (QED) is 0.707. The SMILES string of the molecule is CC1CN(CC2CCCN2S(=O)(=O)N(C)CCC#N)CC(C)O1. The molecule has 0 aromatic carbocycles. The van der Waals surface area contributed by atoms with E-state index in [0.29, 0.717) is 6.54 Å². The van der Waals surface area contributed by atoms with Gasteiger partial charge >= 0.3 is 0 Å². The average molecular weight is 344 g/mol. The summed E-state index contributed by atoms with van der Waals surface area (Å²) >= 11 is 0. The highest BCUT2D eigenvalue weighted by Gasteiger charge is 2.38. The Kier molecular flexibility index (Phi) is 6.40. The zero-order valence-corrected chi connectivity index (χ0v) is 15.1. The van der Waals surface area contributed by atoms with Crippen molar-refractivity contribution in [3.05, 3.63) is 0 Å². The van der Waals surface area contributed by atoms with Gasteiger partial charge in [-0.2, -0.15) is 22.3 Å². The lowest BCUT2D eigenvalue weighted by Gasteiger charge is -2.38. The van der Waals surface area contributed by atoms with Crippen molar-refractivity contribution in [3.63, 3.8) is 0 Å². The molecule has 3 unspecified atom stereocenters. The summed E-state index contributed by atoms with van der Waals surface area (Å²) in [5, 5.41) is 8.66. The van der Waals surface area contributed by atoms with E-state index in [1.807, 2.05) is 6.07 Å². The highest BCUT2D eigenvalue weighted by molar-refractivity contribution is 7.86. The van der Waals surface area contributed by atoms with Crippen LogP contribution in [0.3, 0.4) is 0 Å². The molecule has 0 saturated carbocycles. The lowest BCUT2D eigenvalue weighted by molar-refractivity contribution is -0.0708. The number of hydrogen-bond donors (Lipinski definition) is 0. The van der Waals surface area contributed by atoms with Crippen LogP contribution < -0.4 is 0 Å². The second kappa shape index (κ2) is 7.90. The number of nitrogens with zero attached hydrogens (tertiary/aromatic N) is 4. The maximum Gasteiger partial charge on any atom is 0.282 e. The molecule has 0 aromatic heterocycles. The molecule has 23 heavy (non-hydrogen) atoms. The highest BCUT2D eigenvalue weighted by Crippen LogP contribution is 2.24. The molecule has 3 atom stereocenters. The summed E-state index contributed by atoms with van der Waals surface area (Å²) in [5.74, 6) is 0. The summed E-state index contributed by atoms with van der Waals surface area (Å²) < 4.78 is 34.1. The van der Waals surface area contributed by atoms with E-state index in [4.69, 9.17) is 10.00 Å². The van der Waals surface area contributed by atoms with Crippen molar-refractivity contribution in [1.29, 1.82) is 5.26 Å². The van der Waals surface area contributed by atoms with Crippen LogP contribution in [0.5, 0.6) is 0 Å². The van der Waals surface area contributed by atoms with Gasteiger partial charge in [0.2, 0.25) is 0 Å². The molecule has 2 heterocycles. The standard InChI is InChI=1S/C15H28N4O3S/c1-13-10-18(11-14(2)22-13)12-15-6-4-9-19(15)23(20,21)17(3)8-5-7-16/h13-15H,4-6,8-12H2,1-3H3. The maximum absolute atomic E-state index is 12.7. The molecule has 2 fully saturated rings. The molecule has 2 rings (SSSR count). The van der Waals surface area contributed by atoms with Crippen molar-refractivity contribution >= 4 is 10.2 Å². The van der Waals surface area contributed by atoms with Gasteiger partial charge in [0.1, 0.15) is 0 Å². The minimum absolute atomic E-state index is 0.0158. The fraction of sp³-hybridized carbons (Fsp3) is 0.933. The number of morpholine rings is 1.